The number of hydrogen-bond donors (Lipinski definition) is 1. The molecule has 0 aliphatic carbocycles. The number of fused-ring (bicyclic) bond motifs is 1. The number of aryl methyl sites for hydroxylation is 1. The average molecular weight is 252 g/mol. The molecule has 1 atom stereocenters. The minimum atomic E-state index is 0.413. The molecule has 1 aliphatic rings. The molecule has 102 valence electrons. The van der Waals surface area contributed by atoms with Crippen LogP contribution in [0.2, 0.25) is 0 Å². The van der Waals surface area contributed by atoms with Gasteiger partial charge < -0.3 is 14.6 Å². The molecule has 0 fully saturated rings. The Balaban J connectivity index is 1.90. The van der Waals surface area contributed by atoms with Gasteiger partial charge >= 0.3 is 0 Å². The van der Waals surface area contributed by atoms with Gasteiger partial charge in [0.2, 0.25) is 0 Å². The van der Waals surface area contributed by atoms with Crippen LogP contribution in [-0.4, -0.2) is 34.5 Å². The number of nitrogens with zero attached hydrogens (tertiary/aromatic N) is 3. The first-order chi connectivity index (χ1) is 8.85. The van der Waals surface area contributed by atoms with Crippen molar-refractivity contribution < 1.29 is 4.74 Å². The number of ether oxygens (including phenoxy) is 1. The summed E-state index contributed by atoms with van der Waals surface area (Å²) in [4.78, 5) is 0. The molecule has 0 spiro atoms. The van der Waals surface area contributed by atoms with Crippen molar-refractivity contribution in [1.29, 1.82) is 0 Å². The predicted molar refractivity (Wildman–Crippen MR) is 70.4 cm³/mol. The molecule has 18 heavy (non-hydrogen) atoms. The van der Waals surface area contributed by atoms with Gasteiger partial charge in [-0.05, 0) is 19.3 Å². The standard InChI is InChI=1S/C13H24N4O/c1-3-6-11(10-18-2)14-9-13-16-15-12-7-4-5-8-17(12)13/h11,14H,3-10H2,1-2H3. The van der Waals surface area contributed by atoms with Crippen LogP contribution in [0.15, 0.2) is 0 Å². The molecule has 1 aromatic heterocycles. The van der Waals surface area contributed by atoms with E-state index in [1.807, 2.05) is 0 Å². The van der Waals surface area contributed by atoms with Crippen molar-refractivity contribution in [2.75, 3.05) is 13.7 Å². The number of methoxy groups -OCH3 is 1. The van der Waals surface area contributed by atoms with E-state index >= 15 is 0 Å². The summed E-state index contributed by atoms with van der Waals surface area (Å²) in [5, 5.41) is 12.1. The summed E-state index contributed by atoms with van der Waals surface area (Å²) in [5.74, 6) is 2.22. The van der Waals surface area contributed by atoms with Crippen molar-refractivity contribution in [1.82, 2.24) is 20.1 Å². The zero-order valence-corrected chi connectivity index (χ0v) is 11.5. The minimum absolute atomic E-state index is 0.413. The molecule has 0 saturated heterocycles. The van der Waals surface area contributed by atoms with Gasteiger partial charge in [0.05, 0.1) is 13.2 Å². The molecule has 2 rings (SSSR count). The largest absolute Gasteiger partial charge is 0.383 e. The van der Waals surface area contributed by atoms with E-state index in [4.69, 9.17) is 4.74 Å². The van der Waals surface area contributed by atoms with Gasteiger partial charge in [-0.25, -0.2) is 0 Å². The maximum atomic E-state index is 5.23. The Morgan fingerprint density at radius 2 is 2.28 bits per heavy atom. The van der Waals surface area contributed by atoms with Gasteiger partial charge in [-0.2, -0.15) is 0 Å². The molecule has 5 heteroatoms. The SMILES string of the molecule is CCCC(COC)NCc1nnc2n1CCCC2. The van der Waals surface area contributed by atoms with Crippen LogP contribution in [0.25, 0.3) is 0 Å². The number of hydrogen-bond acceptors (Lipinski definition) is 4. The van der Waals surface area contributed by atoms with Crippen LogP contribution < -0.4 is 5.32 Å². The summed E-state index contributed by atoms with van der Waals surface area (Å²) in [7, 11) is 1.75. The zero-order valence-electron chi connectivity index (χ0n) is 11.5. The molecule has 1 N–H and O–H groups in total. The fourth-order valence-corrected chi connectivity index (χ4v) is 2.53. The van der Waals surface area contributed by atoms with Crippen molar-refractivity contribution in [2.24, 2.45) is 0 Å². The molecular weight excluding hydrogens is 228 g/mol. The van der Waals surface area contributed by atoms with E-state index in [-0.39, 0.29) is 0 Å². The third-order valence-electron chi connectivity index (χ3n) is 3.49. The highest BCUT2D eigenvalue weighted by Crippen LogP contribution is 2.14. The second-order valence-corrected chi connectivity index (χ2v) is 4.96. The maximum Gasteiger partial charge on any atom is 0.147 e. The van der Waals surface area contributed by atoms with Crippen molar-refractivity contribution >= 4 is 0 Å². The second kappa shape index (κ2) is 6.85. The van der Waals surface area contributed by atoms with Crippen LogP contribution in [0.4, 0.5) is 0 Å². The van der Waals surface area contributed by atoms with Crippen LogP contribution in [0, 0.1) is 0 Å². The Morgan fingerprint density at radius 3 is 3.06 bits per heavy atom. The lowest BCUT2D eigenvalue weighted by Gasteiger charge is -2.18. The normalized spacial score (nSPS) is 16.6. The Kier molecular flexibility index (Phi) is 5.13. The molecule has 0 bridgehead atoms. The molecular formula is C13H24N4O. The van der Waals surface area contributed by atoms with Gasteiger partial charge in [0.15, 0.2) is 0 Å². The molecule has 0 amide bonds. The summed E-state index contributed by atoms with van der Waals surface area (Å²) < 4.78 is 7.50. The van der Waals surface area contributed by atoms with E-state index in [9.17, 15) is 0 Å². The van der Waals surface area contributed by atoms with Crippen molar-refractivity contribution in [3.63, 3.8) is 0 Å². The van der Waals surface area contributed by atoms with Gasteiger partial charge in [0.1, 0.15) is 11.6 Å². The van der Waals surface area contributed by atoms with Crippen molar-refractivity contribution in [2.45, 2.75) is 58.2 Å². The fraction of sp³-hybridized carbons (Fsp3) is 0.846. The summed E-state index contributed by atoms with van der Waals surface area (Å²) >= 11 is 0. The Hall–Kier alpha value is -0.940. The summed E-state index contributed by atoms with van der Waals surface area (Å²) in [6.07, 6.45) is 5.86. The first-order valence-electron chi connectivity index (χ1n) is 6.98. The van der Waals surface area contributed by atoms with E-state index in [1.54, 1.807) is 7.11 Å². The summed E-state index contributed by atoms with van der Waals surface area (Å²) in [5.41, 5.74) is 0. The highest BCUT2D eigenvalue weighted by atomic mass is 16.5. The zero-order chi connectivity index (χ0) is 12.8. The maximum absolute atomic E-state index is 5.23. The first kappa shape index (κ1) is 13.5. The summed E-state index contributed by atoms with van der Waals surface area (Å²) in [6, 6.07) is 0.413. The lowest BCUT2D eigenvalue weighted by Crippen LogP contribution is -2.33. The Labute approximate surface area is 109 Å². The lowest BCUT2D eigenvalue weighted by molar-refractivity contribution is 0.160. The number of nitrogens with one attached hydrogen (secondary N) is 1. The van der Waals surface area contributed by atoms with Crippen LogP contribution in [-0.2, 0) is 24.2 Å². The van der Waals surface area contributed by atoms with Crippen LogP contribution in [0.5, 0.6) is 0 Å². The fourth-order valence-electron chi connectivity index (χ4n) is 2.53. The number of rotatable bonds is 7. The van der Waals surface area contributed by atoms with Crippen LogP contribution in [0.3, 0.4) is 0 Å². The minimum Gasteiger partial charge on any atom is -0.383 e. The predicted octanol–water partition coefficient (Wildman–Crippen LogP) is 1.52. The molecule has 0 aromatic carbocycles. The molecule has 0 saturated carbocycles. The number of aromatic nitrogens is 3. The van der Waals surface area contributed by atoms with Crippen molar-refractivity contribution in [3.8, 4) is 0 Å². The second-order valence-electron chi connectivity index (χ2n) is 4.96. The molecule has 2 heterocycles. The lowest BCUT2D eigenvalue weighted by atomic mass is 10.1. The van der Waals surface area contributed by atoms with Gasteiger partial charge in [0, 0.05) is 26.1 Å². The molecule has 1 aliphatic heterocycles. The smallest absolute Gasteiger partial charge is 0.147 e. The highest BCUT2D eigenvalue weighted by molar-refractivity contribution is 4.98. The van der Waals surface area contributed by atoms with E-state index in [2.05, 4.69) is 27.0 Å². The molecule has 1 aromatic rings. The van der Waals surface area contributed by atoms with E-state index in [1.165, 1.54) is 19.3 Å². The van der Waals surface area contributed by atoms with E-state index in [0.29, 0.717) is 6.04 Å². The quantitative estimate of drug-likeness (QED) is 0.799. The van der Waals surface area contributed by atoms with E-state index < -0.39 is 0 Å². The van der Waals surface area contributed by atoms with Crippen LogP contribution in [0.1, 0.15) is 44.3 Å². The van der Waals surface area contributed by atoms with Gasteiger partial charge in [-0.3, -0.25) is 0 Å². The monoisotopic (exact) mass is 252 g/mol. The third-order valence-corrected chi connectivity index (χ3v) is 3.49. The van der Waals surface area contributed by atoms with Gasteiger partial charge in [0.25, 0.3) is 0 Å². The van der Waals surface area contributed by atoms with Crippen LogP contribution >= 0.6 is 0 Å². The topological polar surface area (TPSA) is 52.0 Å². The van der Waals surface area contributed by atoms with Gasteiger partial charge in [-0.15, -0.1) is 10.2 Å². The highest BCUT2D eigenvalue weighted by Gasteiger charge is 2.16. The average Bonchev–Trinajstić information content (AvgIpc) is 2.80. The first-order valence-corrected chi connectivity index (χ1v) is 6.98. The molecule has 5 nitrogen and oxygen atoms in total. The van der Waals surface area contributed by atoms with Gasteiger partial charge in [-0.1, -0.05) is 13.3 Å². The van der Waals surface area contributed by atoms with E-state index in [0.717, 1.165) is 44.2 Å². The summed E-state index contributed by atoms with van der Waals surface area (Å²) in [6.45, 7) is 4.82. The van der Waals surface area contributed by atoms with Crippen molar-refractivity contribution in [3.05, 3.63) is 11.6 Å². The Morgan fingerprint density at radius 1 is 1.39 bits per heavy atom. The Bertz CT molecular complexity index is 358. The molecule has 1 unspecified atom stereocenters. The third kappa shape index (κ3) is 3.29. The molecule has 0 radical (unpaired) electrons.